The van der Waals surface area contributed by atoms with Gasteiger partial charge in [-0.25, -0.2) is 0 Å². The van der Waals surface area contributed by atoms with E-state index in [0.29, 0.717) is 17.9 Å². The molecule has 0 aliphatic carbocycles. The Hall–Kier alpha value is -4.06. The van der Waals surface area contributed by atoms with E-state index in [4.69, 9.17) is 9.47 Å². The molecule has 36 heavy (non-hydrogen) atoms. The van der Waals surface area contributed by atoms with Gasteiger partial charge in [0, 0.05) is 28.7 Å². The van der Waals surface area contributed by atoms with Gasteiger partial charge in [0.05, 0.1) is 13.2 Å². The van der Waals surface area contributed by atoms with Crippen molar-refractivity contribution in [2.24, 2.45) is 0 Å². The number of nitrogens with zero attached hydrogens (tertiary/aromatic N) is 1. The molecule has 1 N–H and O–H groups in total. The summed E-state index contributed by atoms with van der Waals surface area (Å²) < 4.78 is 13.1. The Morgan fingerprint density at radius 3 is 2.44 bits per heavy atom. The Balaban J connectivity index is 1.56. The van der Waals surface area contributed by atoms with Gasteiger partial charge in [0.2, 0.25) is 0 Å². The second kappa shape index (κ2) is 10.7. The number of fused-ring (bicyclic) bond motifs is 1. The van der Waals surface area contributed by atoms with Gasteiger partial charge in [-0.15, -0.1) is 0 Å². The highest BCUT2D eigenvalue weighted by atomic mass is 16.5. The van der Waals surface area contributed by atoms with E-state index in [-0.39, 0.29) is 11.9 Å². The van der Waals surface area contributed by atoms with E-state index in [2.05, 4.69) is 23.7 Å². The zero-order valence-corrected chi connectivity index (χ0v) is 21.4. The average Bonchev–Trinajstić information content (AvgIpc) is 3.13. The number of carbonyl (C=O) groups is 2. The Kier molecular flexibility index (Phi) is 7.44. The molecule has 0 aliphatic heterocycles. The third-order valence-electron chi connectivity index (χ3n) is 6.62. The normalized spacial score (nSPS) is 12.7. The van der Waals surface area contributed by atoms with E-state index in [0.717, 1.165) is 45.3 Å². The highest BCUT2D eigenvalue weighted by Crippen LogP contribution is 2.28. The fourth-order valence-electron chi connectivity index (χ4n) is 4.39. The van der Waals surface area contributed by atoms with Crippen LogP contribution in [0.15, 0.2) is 66.7 Å². The average molecular weight is 485 g/mol. The molecule has 6 nitrogen and oxygen atoms in total. The summed E-state index contributed by atoms with van der Waals surface area (Å²) in [5, 5.41) is 4.15. The number of hydrogen-bond donors (Lipinski definition) is 1. The number of ether oxygens (including phenoxy) is 2. The summed E-state index contributed by atoms with van der Waals surface area (Å²) in [6.07, 6.45) is 0.291. The van der Waals surface area contributed by atoms with E-state index in [1.807, 2.05) is 73.7 Å². The molecule has 0 radical (unpaired) electrons. The SMILES string of the molecule is COc1ccc([C@H](C)NC(=O)c2ccc3c(c2)c(C)c(C)n3Cc2cccc(O[C@@H](C)C=O)c2)cc1. The number of aromatic nitrogens is 1. The van der Waals surface area contributed by atoms with Gasteiger partial charge in [-0.05, 0) is 86.8 Å². The largest absolute Gasteiger partial charge is 0.497 e. The van der Waals surface area contributed by atoms with E-state index >= 15 is 0 Å². The Morgan fingerprint density at radius 2 is 1.75 bits per heavy atom. The first kappa shape index (κ1) is 25.0. The predicted octanol–water partition coefficient (Wildman–Crippen LogP) is 5.77. The Labute approximate surface area is 211 Å². The van der Waals surface area contributed by atoms with E-state index in [9.17, 15) is 9.59 Å². The number of rotatable bonds is 9. The van der Waals surface area contributed by atoms with Crippen LogP contribution in [0.2, 0.25) is 0 Å². The molecule has 4 aromatic rings. The minimum absolute atomic E-state index is 0.112. The fourth-order valence-corrected chi connectivity index (χ4v) is 4.39. The zero-order chi connectivity index (χ0) is 25.8. The smallest absolute Gasteiger partial charge is 0.251 e. The lowest BCUT2D eigenvalue weighted by Gasteiger charge is -2.15. The maximum atomic E-state index is 13.1. The van der Waals surface area contributed by atoms with Gasteiger partial charge in [-0.2, -0.15) is 0 Å². The number of benzene rings is 3. The molecule has 0 unspecified atom stereocenters. The first-order valence-corrected chi connectivity index (χ1v) is 12.1. The van der Waals surface area contributed by atoms with Crippen LogP contribution in [0, 0.1) is 13.8 Å². The van der Waals surface area contributed by atoms with Gasteiger partial charge in [-0.1, -0.05) is 24.3 Å². The number of hydrogen-bond acceptors (Lipinski definition) is 4. The van der Waals surface area contributed by atoms with Crippen molar-refractivity contribution >= 4 is 23.1 Å². The number of amides is 1. The molecule has 186 valence electrons. The fraction of sp³-hybridized carbons (Fsp3) is 0.267. The molecule has 0 saturated carbocycles. The third kappa shape index (κ3) is 5.28. The molecule has 0 aliphatic rings. The summed E-state index contributed by atoms with van der Waals surface area (Å²) in [6.45, 7) is 8.52. The minimum atomic E-state index is -0.492. The van der Waals surface area contributed by atoms with Gasteiger partial charge in [-0.3, -0.25) is 9.59 Å². The lowest BCUT2D eigenvalue weighted by Crippen LogP contribution is -2.26. The molecular weight excluding hydrogens is 452 g/mol. The monoisotopic (exact) mass is 484 g/mol. The van der Waals surface area contributed by atoms with Gasteiger partial charge in [0.15, 0.2) is 12.4 Å². The van der Waals surface area contributed by atoms with E-state index in [1.165, 1.54) is 0 Å². The van der Waals surface area contributed by atoms with E-state index < -0.39 is 6.10 Å². The summed E-state index contributed by atoms with van der Waals surface area (Å²) in [5.41, 5.74) is 6.06. The molecule has 1 heterocycles. The summed E-state index contributed by atoms with van der Waals surface area (Å²) >= 11 is 0. The van der Waals surface area contributed by atoms with Crippen molar-refractivity contribution in [2.75, 3.05) is 7.11 Å². The number of aryl methyl sites for hydroxylation is 1. The maximum absolute atomic E-state index is 13.1. The quantitative estimate of drug-likeness (QED) is 0.306. The van der Waals surface area contributed by atoms with Crippen LogP contribution < -0.4 is 14.8 Å². The summed E-state index contributed by atoms with van der Waals surface area (Å²) in [4.78, 5) is 24.0. The second-order valence-corrected chi connectivity index (χ2v) is 9.10. The predicted molar refractivity (Wildman–Crippen MR) is 142 cm³/mol. The van der Waals surface area contributed by atoms with Crippen LogP contribution in [0.4, 0.5) is 0 Å². The van der Waals surface area contributed by atoms with Crippen molar-refractivity contribution in [3.8, 4) is 11.5 Å². The molecule has 4 rings (SSSR count). The van der Waals surface area contributed by atoms with Crippen molar-refractivity contribution in [1.29, 1.82) is 0 Å². The third-order valence-corrected chi connectivity index (χ3v) is 6.62. The van der Waals surface area contributed by atoms with Gasteiger partial charge < -0.3 is 19.4 Å². The molecule has 1 aromatic heterocycles. The lowest BCUT2D eigenvalue weighted by atomic mass is 10.1. The van der Waals surface area contributed by atoms with Crippen molar-refractivity contribution in [2.45, 2.75) is 46.4 Å². The number of carbonyl (C=O) groups excluding carboxylic acids is 2. The zero-order valence-electron chi connectivity index (χ0n) is 21.4. The van der Waals surface area contributed by atoms with Crippen LogP contribution >= 0.6 is 0 Å². The lowest BCUT2D eigenvalue weighted by molar-refractivity contribution is -0.113. The topological polar surface area (TPSA) is 69.6 Å². The molecule has 1 amide bonds. The second-order valence-electron chi connectivity index (χ2n) is 9.10. The molecule has 0 spiro atoms. The first-order valence-electron chi connectivity index (χ1n) is 12.1. The molecule has 3 aromatic carbocycles. The van der Waals surface area contributed by atoms with Crippen molar-refractivity contribution in [3.63, 3.8) is 0 Å². The Morgan fingerprint density at radius 1 is 1.00 bits per heavy atom. The number of aldehydes is 1. The maximum Gasteiger partial charge on any atom is 0.251 e. The van der Waals surface area contributed by atoms with Gasteiger partial charge in [0.25, 0.3) is 5.91 Å². The van der Waals surface area contributed by atoms with Crippen LogP contribution in [0.25, 0.3) is 10.9 Å². The van der Waals surface area contributed by atoms with Crippen molar-refractivity contribution in [3.05, 3.63) is 94.7 Å². The van der Waals surface area contributed by atoms with E-state index in [1.54, 1.807) is 14.0 Å². The van der Waals surface area contributed by atoms with Crippen LogP contribution in [-0.4, -0.2) is 30.0 Å². The summed E-state index contributed by atoms with van der Waals surface area (Å²) in [5.74, 6) is 1.34. The van der Waals surface area contributed by atoms with Crippen LogP contribution in [0.1, 0.15) is 52.6 Å². The highest BCUT2D eigenvalue weighted by molar-refractivity contribution is 5.99. The van der Waals surface area contributed by atoms with Crippen LogP contribution in [0.5, 0.6) is 11.5 Å². The molecule has 0 fully saturated rings. The molecule has 0 saturated heterocycles. The molecule has 6 heteroatoms. The minimum Gasteiger partial charge on any atom is -0.497 e. The summed E-state index contributed by atoms with van der Waals surface area (Å²) in [7, 11) is 1.63. The number of methoxy groups -OCH3 is 1. The van der Waals surface area contributed by atoms with Crippen LogP contribution in [-0.2, 0) is 11.3 Å². The van der Waals surface area contributed by atoms with Crippen LogP contribution in [0.3, 0.4) is 0 Å². The first-order chi connectivity index (χ1) is 17.3. The standard InChI is InChI=1S/C30H32N2O4/c1-19(18-33)36-27-8-6-7-23(15-27)17-32-22(4)20(2)28-16-25(11-14-29(28)32)30(34)31-21(3)24-9-12-26(35-5)13-10-24/h6-16,18-19,21H,17H2,1-5H3,(H,31,34)/t19-,21-/m0/s1. The summed E-state index contributed by atoms with van der Waals surface area (Å²) in [6, 6.07) is 21.2. The molecule has 0 bridgehead atoms. The van der Waals surface area contributed by atoms with Gasteiger partial charge in [0.1, 0.15) is 11.5 Å². The molecule has 2 atom stereocenters. The Bertz CT molecular complexity index is 1390. The highest BCUT2D eigenvalue weighted by Gasteiger charge is 2.16. The van der Waals surface area contributed by atoms with Crippen molar-refractivity contribution in [1.82, 2.24) is 9.88 Å². The molecular formula is C30H32N2O4. The van der Waals surface area contributed by atoms with Crippen molar-refractivity contribution < 1.29 is 19.1 Å². The van der Waals surface area contributed by atoms with Gasteiger partial charge >= 0.3 is 0 Å². The number of nitrogens with one attached hydrogen (secondary N) is 1.